The molecule has 0 bridgehead atoms. The van der Waals surface area contributed by atoms with Gasteiger partial charge in [-0.05, 0) is 47.0 Å². The fourth-order valence-electron chi connectivity index (χ4n) is 1.69. The minimum atomic E-state index is -0.160. The number of anilines is 1. The normalized spacial score (nSPS) is 12.3. The molecule has 0 fully saturated rings. The van der Waals surface area contributed by atoms with E-state index in [1.165, 1.54) is 0 Å². The molecule has 1 rings (SSSR count). The van der Waals surface area contributed by atoms with Crippen LogP contribution in [0.15, 0.2) is 12.3 Å². The zero-order valence-corrected chi connectivity index (χ0v) is 12.0. The minimum absolute atomic E-state index is 0.0989. The molecule has 6 nitrogen and oxygen atoms in total. The highest BCUT2D eigenvalue weighted by Gasteiger charge is 2.14. The largest absolute Gasteiger partial charge is 0.349 e. The van der Waals surface area contributed by atoms with Crippen LogP contribution >= 0.6 is 0 Å². The van der Waals surface area contributed by atoms with E-state index < -0.39 is 0 Å². The monoisotopic (exact) mass is 265 g/mol. The third-order valence-corrected chi connectivity index (χ3v) is 2.83. The number of nitrogen functional groups attached to an aromatic ring is 1. The number of hydrogen-bond donors (Lipinski definition) is 3. The van der Waals surface area contributed by atoms with Crippen LogP contribution in [0.2, 0.25) is 0 Å². The first-order valence-electron chi connectivity index (χ1n) is 6.33. The van der Waals surface area contributed by atoms with E-state index in [1.807, 2.05) is 27.9 Å². The van der Waals surface area contributed by atoms with Crippen molar-refractivity contribution in [1.82, 2.24) is 15.2 Å². The minimum Gasteiger partial charge on any atom is -0.349 e. The topological polar surface area (TPSA) is 83.3 Å². The Labute approximate surface area is 114 Å². The van der Waals surface area contributed by atoms with Crippen LogP contribution in [0, 0.1) is 6.92 Å². The van der Waals surface area contributed by atoms with Crippen molar-refractivity contribution in [2.75, 3.05) is 26.1 Å². The van der Waals surface area contributed by atoms with Crippen LogP contribution in [0.5, 0.6) is 0 Å². The van der Waals surface area contributed by atoms with Crippen molar-refractivity contribution in [3.8, 4) is 0 Å². The molecule has 0 spiro atoms. The average Bonchev–Trinajstić information content (AvgIpc) is 2.35. The number of nitrogens with two attached hydrogens (primary N) is 1. The van der Waals surface area contributed by atoms with Gasteiger partial charge in [-0.1, -0.05) is 0 Å². The summed E-state index contributed by atoms with van der Waals surface area (Å²) in [6.45, 7) is 4.76. The van der Waals surface area contributed by atoms with Crippen LogP contribution in [0.1, 0.15) is 29.4 Å². The molecule has 4 N–H and O–H groups in total. The van der Waals surface area contributed by atoms with E-state index in [4.69, 9.17) is 5.84 Å². The molecule has 0 saturated heterocycles. The highest BCUT2D eigenvalue weighted by atomic mass is 16.1. The number of amides is 1. The molecule has 0 aromatic carbocycles. The summed E-state index contributed by atoms with van der Waals surface area (Å²) in [4.78, 5) is 18.3. The lowest BCUT2D eigenvalue weighted by Crippen LogP contribution is -2.35. The number of pyridine rings is 1. The Morgan fingerprint density at radius 2 is 2.21 bits per heavy atom. The molecular weight excluding hydrogens is 242 g/mol. The first-order valence-corrected chi connectivity index (χ1v) is 6.33. The molecule has 1 heterocycles. The van der Waals surface area contributed by atoms with Gasteiger partial charge in [0.25, 0.3) is 5.91 Å². The smallest absolute Gasteiger partial charge is 0.255 e. The number of nitrogens with zero attached hydrogens (tertiary/aromatic N) is 2. The van der Waals surface area contributed by atoms with Gasteiger partial charge in [0.15, 0.2) is 0 Å². The van der Waals surface area contributed by atoms with E-state index in [0.717, 1.165) is 18.7 Å². The summed E-state index contributed by atoms with van der Waals surface area (Å²) in [7, 11) is 4.02. The summed E-state index contributed by atoms with van der Waals surface area (Å²) in [5.41, 5.74) is 4.39. The standard InChI is InChI=1S/C13H23N5O/c1-9(5-6-18(3)4)16-13(19)11-8-15-10(2)7-12(11)17-14/h7-9H,5-6,14H2,1-4H3,(H,15,17)(H,16,19). The maximum atomic E-state index is 12.1. The van der Waals surface area contributed by atoms with Gasteiger partial charge in [-0.15, -0.1) is 0 Å². The highest BCUT2D eigenvalue weighted by molar-refractivity contribution is 5.99. The molecule has 0 aliphatic carbocycles. The molecule has 1 amide bonds. The first kappa shape index (κ1) is 15.4. The first-order chi connectivity index (χ1) is 8.93. The zero-order valence-electron chi connectivity index (χ0n) is 12.0. The Bertz CT molecular complexity index is 433. The molecule has 6 heteroatoms. The maximum absolute atomic E-state index is 12.1. The van der Waals surface area contributed by atoms with Crippen molar-refractivity contribution in [3.63, 3.8) is 0 Å². The predicted octanol–water partition coefficient (Wildman–Crippen LogP) is 0.746. The Morgan fingerprint density at radius 3 is 2.79 bits per heavy atom. The molecular formula is C13H23N5O. The van der Waals surface area contributed by atoms with Gasteiger partial charge in [-0.25, -0.2) is 0 Å². The third kappa shape index (κ3) is 4.84. The third-order valence-electron chi connectivity index (χ3n) is 2.83. The second-order valence-corrected chi connectivity index (χ2v) is 4.98. The van der Waals surface area contributed by atoms with Crippen LogP contribution in [-0.4, -0.2) is 42.5 Å². The Balaban J connectivity index is 2.67. The number of nitrogens with one attached hydrogen (secondary N) is 2. The Kier molecular flexibility index (Phi) is 5.72. The van der Waals surface area contributed by atoms with Crippen LogP contribution in [0.3, 0.4) is 0 Å². The number of carbonyl (C=O) groups is 1. The van der Waals surface area contributed by atoms with Crippen LogP contribution in [0.4, 0.5) is 5.69 Å². The van der Waals surface area contributed by atoms with Crippen molar-refractivity contribution in [2.45, 2.75) is 26.3 Å². The average molecular weight is 265 g/mol. The van der Waals surface area contributed by atoms with Gasteiger partial charge in [0.05, 0.1) is 11.3 Å². The number of aryl methyl sites for hydroxylation is 1. The van der Waals surface area contributed by atoms with Gasteiger partial charge < -0.3 is 15.6 Å². The molecule has 1 aromatic rings. The van der Waals surface area contributed by atoms with E-state index in [2.05, 4.69) is 20.6 Å². The quantitative estimate of drug-likeness (QED) is 0.522. The number of aromatic nitrogens is 1. The number of hydrogen-bond acceptors (Lipinski definition) is 5. The Hall–Kier alpha value is -1.66. The maximum Gasteiger partial charge on any atom is 0.255 e. The molecule has 1 atom stereocenters. The van der Waals surface area contributed by atoms with Gasteiger partial charge in [-0.3, -0.25) is 15.6 Å². The van der Waals surface area contributed by atoms with E-state index in [1.54, 1.807) is 12.3 Å². The number of hydrazine groups is 1. The predicted molar refractivity (Wildman–Crippen MR) is 76.9 cm³/mol. The fraction of sp³-hybridized carbons (Fsp3) is 0.538. The number of rotatable bonds is 6. The van der Waals surface area contributed by atoms with Gasteiger partial charge in [0, 0.05) is 17.9 Å². The van der Waals surface area contributed by atoms with Crippen molar-refractivity contribution >= 4 is 11.6 Å². The SMILES string of the molecule is Cc1cc(NN)c(C(=O)NC(C)CCN(C)C)cn1. The summed E-state index contributed by atoms with van der Waals surface area (Å²) in [6, 6.07) is 1.85. The molecule has 1 aromatic heterocycles. The van der Waals surface area contributed by atoms with Crippen LogP contribution in [-0.2, 0) is 0 Å². The lowest BCUT2D eigenvalue weighted by atomic mass is 10.1. The van der Waals surface area contributed by atoms with Crippen molar-refractivity contribution < 1.29 is 4.79 Å². The molecule has 106 valence electrons. The summed E-state index contributed by atoms with van der Waals surface area (Å²) in [5, 5.41) is 2.94. The van der Waals surface area contributed by atoms with Crippen molar-refractivity contribution in [2.24, 2.45) is 5.84 Å². The lowest BCUT2D eigenvalue weighted by Gasteiger charge is -2.17. The van der Waals surface area contributed by atoms with Crippen molar-refractivity contribution in [3.05, 3.63) is 23.5 Å². The molecule has 0 aliphatic rings. The molecule has 1 unspecified atom stereocenters. The van der Waals surface area contributed by atoms with Gasteiger partial charge in [0.1, 0.15) is 0 Å². The molecule has 0 radical (unpaired) electrons. The second kappa shape index (κ2) is 7.06. The van der Waals surface area contributed by atoms with Crippen LogP contribution in [0.25, 0.3) is 0 Å². The van der Waals surface area contributed by atoms with E-state index in [0.29, 0.717) is 11.3 Å². The second-order valence-electron chi connectivity index (χ2n) is 4.98. The Morgan fingerprint density at radius 1 is 1.53 bits per heavy atom. The van der Waals surface area contributed by atoms with E-state index in [9.17, 15) is 4.79 Å². The fourth-order valence-corrected chi connectivity index (χ4v) is 1.69. The molecule has 19 heavy (non-hydrogen) atoms. The summed E-state index contributed by atoms with van der Waals surface area (Å²) in [6.07, 6.45) is 2.43. The summed E-state index contributed by atoms with van der Waals surface area (Å²) in [5.74, 6) is 5.26. The molecule has 0 aliphatic heterocycles. The molecule has 0 saturated carbocycles. The highest BCUT2D eigenvalue weighted by Crippen LogP contribution is 2.14. The summed E-state index contributed by atoms with van der Waals surface area (Å²) >= 11 is 0. The van der Waals surface area contributed by atoms with Gasteiger partial charge in [-0.2, -0.15) is 0 Å². The van der Waals surface area contributed by atoms with E-state index >= 15 is 0 Å². The lowest BCUT2D eigenvalue weighted by molar-refractivity contribution is 0.0937. The summed E-state index contributed by atoms with van der Waals surface area (Å²) < 4.78 is 0. The van der Waals surface area contributed by atoms with Crippen molar-refractivity contribution in [1.29, 1.82) is 0 Å². The zero-order chi connectivity index (χ0) is 14.4. The number of carbonyl (C=O) groups excluding carboxylic acids is 1. The van der Waals surface area contributed by atoms with Gasteiger partial charge >= 0.3 is 0 Å². The van der Waals surface area contributed by atoms with E-state index in [-0.39, 0.29) is 11.9 Å². The van der Waals surface area contributed by atoms with Gasteiger partial charge in [0.2, 0.25) is 0 Å². The van der Waals surface area contributed by atoms with Crippen LogP contribution < -0.4 is 16.6 Å².